The Morgan fingerprint density at radius 2 is 1.62 bits per heavy atom. The van der Waals surface area contributed by atoms with Crippen molar-refractivity contribution in [3.63, 3.8) is 0 Å². The second kappa shape index (κ2) is 5.19. The summed E-state index contributed by atoms with van der Waals surface area (Å²) in [5.41, 5.74) is 0.871. The van der Waals surface area contributed by atoms with Crippen molar-refractivity contribution < 1.29 is 4.79 Å². The predicted molar refractivity (Wildman–Crippen MR) is 77.1 cm³/mol. The number of ketones is 1. The van der Waals surface area contributed by atoms with Crippen LogP contribution >= 0.6 is 0 Å². The average molecular weight is 253 g/mol. The summed E-state index contributed by atoms with van der Waals surface area (Å²) < 4.78 is 0. The summed E-state index contributed by atoms with van der Waals surface area (Å²) in [5.74, 6) is 0.341. The van der Waals surface area contributed by atoms with Crippen LogP contribution in [0.15, 0.2) is 30.3 Å². The van der Waals surface area contributed by atoms with E-state index in [2.05, 4.69) is 32.2 Å². The summed E-state index contributed by atoms with van der Waals surface area (Å²) in [6, 6.07) is 9.71. The highest BCUT2D eigenvalue weighted by molar-refractivity contribution is 7.98. The summed E-state index contributed by atoms with van der Waals surface area (Å²) in [5, 5.41) is 0. The van der Waals surface area contributed by atoms with Gasteiger partial charge in [-0.2, -0.15) is 0 Å². The molecule has 0 aromatic heterocycles. The zero-order valence-electron chi connectivity index (χ0n) is 10.8. The Morgan fingerprint density at radius 3 is 2.00 bits per heavy atom. The molecule has 88 valence electrons. The Bertz CT molecular complexity index is 354. The first kappa shape index (κ1) is 13.5. The topological polar surface area (TPSA) is 17.1 Å². The van der Waals surface area contributed by atoms with Crippen LogP contribution in [0.1, 0.15) is 10.4 Å². The molecule has 1 rings (SSSR count). The van der Waals surface area contributed by atoms with E-state index in [-0.39, 0.29) is 15.8 Å². The lowest BCUT2D eigenvalue weighted by Crippen LogP contribution is -2.48. The van der Waals surface area contributed by atoms with Gasteiger partial charge in [0.15, 0.2) is 4.87 Å². The minimum Gasteiger partial charge on any atom is -0.289 e. The van der Waals surface area contributed by atoms with Gasteiger partial charge in [0, 0.05) is 5.56 Å². The molecule has 0 radical (unpaired) electrons. The molecule has 0 heterocycles. The zero-order chi connectivity index (χ0) is 12.3. The Kier molecular flexibility index (Phi) is 4.39. The number of benzene rings is 1. The second-order valence-electron chi connectivity index (χ2n) is 5.36. The van der Waals surface area contributed by atoms with Gasteiger partial charge in [-0.3, -0.25) is 4.79 Å². The van der Waals surface area contributed by atoms with Crippen molar-refractivity contribution in [2.45, 2.75) is 24.5 Å². The first-order valence-corrected chi connectivity index (χ1v) is 11.2. The van der Waals surface area contributed by atoms with Crippen molar-refractivity contribution >= 4 is 24.8 Å². The average Bonchev–Trinajstić information content (AvgIpc) is 2.16. The first-order valence-electron chi connectivity index (χ1n) is 5.49. The van der Waals surface area contributed by atoms with Crippen molar-refractivity contribution in [1.29, 1.82) is 0 Å². The molecule has 1 nitrogen and oxygen atoms in total. The lowest BCUT2D eigenvalue weighted by atomic mass is 10.1. The molecule has 0 saturated carbocycles. The quantitative estimate of drug-likeness (QED) is 0.458. The highest BCUT2D eigenvalue weighted by atomic mass is 32.2. The van der Waals surface area contributed by atoms with E-state index in [0.29, 0.717) is 5.78 Å². The van der Waals surface area contributed by atoms with E-state index in [1.165, 1.54) is 0 Å². The maximum absolute atomic E-state index is 12.5. The summed E-state index contributed by atoms with van der Waals surface area (Å²) in [6.45, 7) is 6.85. The number of hydrogen-bond donors (Lipinski definition) is 0. The molecular weight excluding hydrogens is 232 g/mol. The SMILES string of the molecule is C[S+](C)C(C(=O)c1ccccc1)[Si](C)(C)C. The third-order valence-corrected chi connectivity index (χ3v) is 9.08. The molecule has 1 aromatic carbocycles. The third kappa shape index (κ3) is 3.22. The van der Waals surface area contributed by atoms with E-state index in [0.717, 1.165) is 5.56 Å². The highest BCUT2D eigenvalue weighted by Gasteiger charge is 2.42. The predicted octanol–water partition coefficient (Wildman–Crippen LogP) is 2.99. The van der Waals surface area contributed by atoms with Crippen LogP contribution in [0, 0.1) is 0 Å². The molecule has 0 saturated heterocycles. The third-order valence-electron chi connectivity index (χ3n) is 2.55. The van der Waals surface area contributed by atoms with Crippen molar-refractivity contribution in [1.82, 2.24) is 0 Å². The molecule has 3 heteroatoms. The fraction of sp³-hybridized carbons (Fsp3) is 0.462. The van der Waals surface area contributed by atoms with Crippen LogP contribution in [0.2, 0.25) is 19.6 Å². The van der Waals surface area contributed by atoms with Gasteiger partial charge in [-0.05, 0) is 10.9 Å². The molecule has 1 atom stereocenters. The molecule has 0 aliphatic rings. The minimum absolute atomic E-state index is 0.159. The summed E-state index contributed by atoms with van der Waals surface area (Å²) in [4.78, 5) is 12.7. The molecular formula is C13H21OSSi+. The van der Waals surface area contributed by atoms with E-state index in [4.69, 9.17) is 0 Å². The van der Waals surface area contributed by atoms with E-state index >= 15 is 0 Å². The number of Topliss-reactive ketones (excluding diaryl/α,β-unsaturated/α-hetero) is 1. The molecule has 1 unspecified atom stereocenters. The molecule has 0 aliphatic carbocycles. The maximum Gasteiger partial charge on any atom is 0.210 e. The van der Waals surface area contributed by atoms with Gasteiger partial charge in [0.1, 0.15) is 8.07 Å². The summed E-state index contributed by atoms with van der Waals surface area (Å²) >= 11 is 0. The fourth-order valence-electron chi connectivity index (χ4n) is 2.07. The zero-order valence-corrected chi connectivity index (χ0v) is 12.6. The number of hydrogen-bond acceptors (Lipinski definition) is 1. The normalized spacial score (nSPS) is 13.9. The highest BCUT2D eigenvalue weighted by Crippen LogP contribution is 2.20. The van der Waals surface area contributed by atoms with Crippen LogP contribution in [-0.2, 0) is 10.9 Å². The second-order valence-corrected chi connectivity index (χ2v) is 13.3. The lowest BCUT2D eigenvalue weighted by Gasteiger charge is -2.24. The molecule has 0 spiro atoms. The Hall–Kier alpha value is -0.543. The van der Waals surface area contributed by atoms with Crippen LogP contribution < -0.4 is 0 Å². The van der Waals surface area contributed by atoms with Gasteiger partial charge in [-0.25, -0.2) is 0 Å². The Morgan fingerprint density at radius 1 is 1.12 bits per heavy atom. The summed E-state index contributed by atoms with van der Waals surface area (Å²) in [7, 11) is -1.27. The van der Waals surface area contributed by atoms with E-state index in [1.807, 2.05) is 30.3 Å². The number of rotatable bonds is 4. The van der Waals surface area contributed by atoms with Gasteiger partial charge < -0.3 is 0 Å². The summed E-state index contributed by atoms with van der Waals surface area (Å²) in [6.07, 6.45) is 4.37. The Labute approximate surface area is 103 Å². The molecule has 0 aliphatic heterocycles. The first-order chi connectivity index (χ1) is 7.34. The molecule has 0 N–H and O–H groups in total. The van der Waals surface area contributed by atoms with Gasteiger partial charge in [0.2, 0.25) is 5.78 Å². The van der Waals surface area contributed by atoms with Gasteiger partial charge in [-0.1, -0.05) is 50.0 Å². The van der Waals surface area contributed by atoms with Crippen molar-refractivity contribution in [2.75, 3.05) is 12.5 Å². The molecule has 16 heavy (non-hydrogen) atoms. The maximum atomic E-state index is 12.5. The van der Waals surface area contributed by atoms with Crippen LogP contribution in [0.3, 0.4) is 0 Å². The van der Waals surface area contributed by atoms with Crippen LogP contribution in [0.4, 0.5) is 0 Å². The molecule has 1 aromatic rings. The van der Waals surface area contributed by atoms with Gasteiger partial charge in [-0.15, -0.1) is 0 Å². The van der Waals surface area contributed by atoms with Crippen molar-refractivity contribution in [3.05, 3.63) is 35.9 Å². The van der Waals surface area contributed by atoms with E-state index < -0.39 is 8.07 Å². The smallest absolute Gasteiger partial charge is 0.210 e. The molecule has 0 fully saturated rings. The van der Waals surface area contributed by atoms with Gasteiger partial charge in [0.25, 0.3) is 0 Å². The number of carbonyl (C=O) groups excluding carboxylic acids is 1. The van der Waals surface area contributed by atoms with E-state index in [9.17, 15) is 4.79 Å². The van der Waals surface area contributed by atoms with E-state index in [1.54, 1.807) is 0 Å². The minimum atomic E-state index is -1.43. The fourth-order valence-corrected chi connectivity index (χ4v) is 9.24. The van der Waals surface area contributed by atoms with Crippen LogP contribution in [0.25, 0.3) is 0 Å². The van der Waals surface area contributed by atoms with Crippen LogP contribution in [0.5, 0.6) is 0 Å². The molecule has 0 bridgehead atoms. The molecule has 0 amide bonds. The monoisotopic (exact) mass is 253 g/mol. The van der Waals surface area contributed by atoms with Gasteiger partial charge >= 0.3 is 0 Å². The van der Waals surface area contributed by atoms with Crippen molar-refractivity contribution in [2.24, 2.45) is 0 Å². The largest absolute Gasteiger partial charge is 0.289 e. The standard InChI is InChI=1S/C13H21OSSi/c1-15(2)13(16(3,4)5)12(14)11-9-7-6-8-10-11/h6-10,13H,1-5H3/q+1. The van der Waals surface area contributed by atoms with Gasteiger partial charge in [0.05, 0.1) is 12.5 Å². The Balaban J connectivity index is 3.02. The lowest BCUT2D eigenvalue weighted by molar-refractivity contribution is 0.101. The van der Waals surface area contributed by atoms with Crippen LogP contribution in [-0.4, -0.2) is 31.2 Å². The number of carbonyl (C=O) groups is 1. The van der Waals surface area contributed by atoms with Crippen molar-refractivity contribution in [3.8, 4) is 0 Å².